The second kappa shape index (κ2) is 3.95. The van der Waals surface area contributed by atoms with E-state index in [0.717, 1.165) is 17.7 Å². The van der Waals surface area contributed by atoms with Crippen molar-refractivity contribution in [2.75, 3.05) is 0 Å². The number of aryl methyl sites for hydroxylation is 2. The van der Waals surface area contributed by atoms with Crippen LogP contribution in [0.3, 0.4) is 0 Å². The van der Waals surface area contributed by atoms with Gasteiger partial charge in [0.05, 0.1) is 6.26 Å². The van der Waals surface area contributed by atoms with Crippen molar-refractivity contribution in [3.63, 3.8) is 0 Å². The lowest BCUT2D eigenvalue weighted by Crippen LogP contribution is -1.98. The smallest absolute Gasteiger partial charge is 0.303 e. The first kappa shape index (κ1) is 8.84. The van der Waals surface area contributed by atoms with E-state index in [0.29, 0.717) is 6.42 Å². The maximum Gasteiger partial charge on any atom is 0.303 e. The van der Waals surface area contributed by atoms with Crippen LogP contribution in [0.25, 0.3) is 0 Å². The molecule has 66 valence electrons. The standard InChI is InChI=1S/C9H12O3/c1-2-8-7(5-6-12-8)3-4-9(10)11/h5-6H,2-4H2,1H3,(H,10,11). The normalized spacial score (nSPS) is 10.1. The van der Waals surface area contributed by atoms with Crippen LogP contribution in [-0.2, 0) is 17.6 Å². The SMILES string of the molecule is CCc1occc1CCC(=O)O. The number of aliphatic carboxylic acids is 1. The highest BCUT2D eigenvalue weighted by Crippen LogP contribution is 2.12. The largest absolute Gasteiger partial charge is 0.481 e. The van der Waals surface area contributed by atoms with Gasteiger partial charge in [-0.1, -0.05) is 6.92 Å². The highest BCUT2D eigenvalue weighted by molar-refractivity contribution is 5.67. The third-order valence-corrected chi connectivity index (χ3v) is 1.77. The van der Waals surface area contributed by atoms with Crippen LogP contribution in [0.5, 0.6) is 0 Å². The number of furan rings is 1. The molecule has 0 atom stereocenters. The summed E-state index contributed by atoms with van der Waals surface area (Å²) in [6.45, 7) is 1.99. The quantitative estimate of drug-likeness (QED) is 0.746. The van der Waals surface area contributed by atoms with E-state index in [1.165, 1.54) is 0 Å². The molecule has 0 amide bonds. The summed E-state index contributed by atoms with van der Waals surface area (Å²) in [6.07, 6.45) is 3.17. The Hall–Kier alpha value is -1.25. The minimum atomic E-state index is -0.766. The molecule has 0 aliphatic carbocycles. The molecule has 0 radical (unpaired) electrons. The first-order chi connectivity index (χ1) is 5.74. The van der Waals surface area contributed by atoms with Gasteiger partial charge in [0.1, 0.15) is 5.76 Å². The van der Waals surface area contributed by atoms with Gasteiger partial charge in [-0.15, -0.1) is 0 Å². The summed E-state index contributed by atoms with van der Waals surface area (Å²) in [7, 11) is 0. The Kier molecular flexibility index (Phi) is 2.91. The van der Waals surface area contributed by atoms with Crippen LogP contribution in [0.2, 0.25) is 0 Å². The molecule has 0 aromatic carbocycles. The maximum absolute atomic E-state index is 10.3. The average molecular weight is 168 g/mol. The van der Waals surface area contributed by atoms with Gasteiger partial charge >= 0.3 is 5.97 Å². The van der Waals surface area contributed by atoms with E-state index >= 15 is 0 Å². The van der Waals surface area contributed by atoms with Crippen LogP contribution < -0.4 is 0 Å². The van der Waals surface area contributed by atoms with Crippen molar-refractivity contribution >= 4 is 5.97 Å². The molecular formula is C9H12O3. The van der Waals surface area contributed by atoms with Gasteiger partial charge < -0.3 is 9.52 Å². The number of hydrogen-bond donors (Lipinski definition) is 1. The minimum absolute atomic E-state index is 0.173. The fourth-order valence-electron chi connectivity index (χ4n) is 1.14. The van der Waals surface area contributed by atoms with Gasteiger partial charge in [-0.05, 0) is 18.1 Å². The zero-order chi connectivity index (χ0) is 8.97. The summed E-state index contributed by atoms with van der Waals surface area (Å²) in [5.41, 5.74) is 1.01. The van der Waals surface area contributed by atoms with Gasteiger partial charge in [0.15, 0.2) is 0 Å². The first-order valence-electron chi connectivity index (χ1n) is 4.01. The van der Waals surface area contributed by atoms with E-state index in [-0.39, 0.29) is 6.42 Å². The van der Waals surface area contributed by atoms with Crippen LogP contribution in [0, 0.1) is 0 Å². The van der Waals surface area contributed by atoms with Crippen LogP contribution in [0.4, 0.5) is 0 Å². The monoisotopic (exact) mass is 168 g/mol. The average Bonchev–Trinajstić information content (AvgIpc) is 2.47. The van der Waals surface area contributed by atoms with Gasteiger partial charge in [-0.3, -0.25) is 4.79 Å². The molecule has 0 bridgehead atoms. The topological polar surface area (TPSA) is 50.4 Å². The molecule has 1 N–H and O–H groups in total. The van der Waals surface area contributed by atoms with Crippen molar-refractivity contribution in [3.8, 4) is 0 Å². The summed E-state index contributed by atoms with van der Waals surface area (Å²) in [4.78, 5) is 10.3. The molecular weight excluding hydrogens is 156 g/mol. The molecule has 12 heavy (non-hydrogen) atoms. The van der Waals surface area contributed by atoms with E-state index in [2.05, 4.69) is 0 Å². The van der Waals surface area contributed by atoms with Crippen molar-refractivity contribution in [2.45, 2.75) is 26.2 Å². The molecule has 0 saturated carbocycles. The Bertz CT molecular complexity index is 262. The zero-order valence-electron chi connectivity index (χ0n) is 7.04. The molecule has 0 unspecified atom stereocenters. The molecule has 0 fully saturated rings. The van der Waals surface area contributed by atoms with Gasteiger partial charge in [0.25, 0.3) is 0 Å². The van der Waals surface area contributed by atoms with Crippen molar-refractivity contribution in [3.05, 3.63) is 23.7 Å². The highest BCUT2D eigenvalue weighted by atomic mass is 16.4. The molecule has 0 spiro atoms. The second-order valence-electron chi connectivity index (χ2n) is 2.62. The van der Waals surface area contributed by atoms with Crippen LogP contribution in [0.1, 0.15) is 24.7 Å². The highest BCUT2D eigenvalue weighted by Gasteiger charge is 2.05. The van der Waals surface area contributed by atoms with Gasteiger partial charge in [-0.25, -0.2) is 0 Å². The number of carboxylic acids is 1. The van der Waals surface area contributed by atoms with Gasteiger partial charge in [-0.2, -0.15) is 0 Å². The third-order valence-electron chi connectivity index (χ3n) is 1.77. The lowest BCUT2D eigenvalue weighted by Gasteiger charge is -1.96. The van der Waals surface area contributed by atoms with E-state index in [1.807, 2.05) is 13.0 Å². The second-order valence-corrected chi connectivity index (χ2v) is 2.62. The Morgan fingerprint density at radius 3 is 3.00 bits per heavy atom. The predicted molar refractivity (Wildman–Crippen MR) is 44.0 cm³/mol. The van der Waals surface area contributed by atoms with E-state index in [4.69, 9.17) is 9.52 Å². The summed E-state index contributed by atoms with van der Waals surface area (Å²) < 4.78 is 5.15. The third kappa shape index (κ3) is 2.12. The van der Waals surface area contributed by atoms with Gasteiger partial charge in [0.2, 0.25) is 0 Å². The van der Waals surface area contributed by atoms with Crippen molar-refractivity contribution in [2.24, 2.45) is 0 Å². The van der Waals surface area contributed by atoms with Gasteiger partial charge in [0, 0.05) is 12.8 Å². The fraction of sp³-hybridized carbons (Fsp3) is 0.444. The van der Waals surface area contributed by atoms with E-state index < -0.39 is 5.97 Å². The lowest BCUT2D eigenvalue weighted by atomic mass is 10.1. The summed E-state index contributed by atoms with van der Waals surface area (Å²) in [5, 5.41) is 8.45. The zero-order valence-corrected chi connectivity index (χ0v) is 7.04. The Morgan fingerprint density at radius 2 is 2.42 bits per heavy atom. The minimum Gasteiger partial charge on any atom is -0.481 e. The predicted octanol–water partition coefficient (Wildman–Crippen LogP) is 1.86. The molecule has 1 aromatic heterocycles. The molecule has 3 heteroatoms. The molecule has 3 nitrogen and oxygen atoms in total. The Morgan fingerprint density at radius 1 is 1.67 bits per heavy atom. The molecule has 0 aliphatic heterocycles. The van der Waals surface area contributed by atoms with Crippen molar-refractivity contribution in [1.29, 1.82) is 0 Å². The Labute approximate surface area is 71.0 Å². The summed E-state index contributed by atoms with van der Waals surface area (Å²) in [5.74, 6) is 0.134. The fourth-order valence-corrected chi connectivity index (χ4v) is 1.14. The van der Waals surface area contributed by atoms with Crippen molar-refractivity contribution < 1.29 is 14.3 Å². The van der Waals surface area contributed by atoms with Crippen LogP contribution >= 0.6 is 0 Å². The van der Waals surface area contributed by atoms with Crippen molar-refractivity contribution in [1.82, 2.24) is 0 Å². The molecule has 0 saturated heterocycles. The summed E-state index contributed by atoms with van der Waals surface area (Å²) in [6, 6.07) is 1.84. The maximum atomic E-state index is 10.3. The van der Waals surface area contributed by atoms with E-state index in [9.17, 15) is 4.79 Å². The number of rotatable bonds is 4. The van der Waals surface area contributed by atoms with Crippen LogP contribution in [0.15, 0.2) is 16.7 Å². The number of carbonyl (C=O) groups is 1. The molecule has 0 aliphatic rings. The molecule has 1 rings (SSSR count). The Balaban J connectivity index is 2.56. The van der Waals surface area contributed by atoms with E-state index in [1.54, 1.807) is 6.26 Å². The molecule has 1 heterocycles. The summed E-state index contributed by atoms with van der Waals surface area (Å²) >= 11 is 0. The lowest BCUT2D eigenvalue weighted by molar-refractivity contribution is -0.136. The number of hydrogen-bond acceptors (Lipinski definition) is 2. The van der Waals surface area contributed by atoms with Crippen LogP contribution in [-0.4, -0.2) is 11.1 Å². The first-order valence-corrected chi connectivity index (χ1v) is 4.01. The molecule has 1 aromatic rings. The number of carboxylic acid groups (broad SMARTS) is 1.